The summed E-state index contributed by atoms with van der Waals surface area (Å²) in [5, 5.41) is 26.3. The van der Waals surface area contributed by atoms with Gasteiger partial charge in [0, 0.05) is 0 Å². The second kappa shape index (κ2) is 3.36. The number of rotatable bonds is 2. The first-order valence-corrected chi connectivity index (χ1v) is 3.50. The van der Waals surface area contributed by atoms with Gasteiger partial charge in [-0.15, -0.1) is 0 Å². The molecule has 0 spiro atoms. The van der Waals surface area contributed by atoms with E-state index in [1.165, 1.54) is 0 Å². The van der Waals surface area contributed by atoms with Crippen LogP contribution in [-0.4, -0.2) is 52.2 Å². The fraction of sp³-hybridized carbons (Fsp3) is 0.833. The predicted octanol–water partition coefficient (Wildman–Crippen LogP) is -2.48. The summed E-state index contributed by atoms with van der Waals surface area (Å²) in [6.07, 6.45) is -3.23. The molecule has 0 unspecified atom stereocenters. The molecule has 0 amide bonds. The highest BCUT2D eigenvalue weighted by molar-refractivity contribution is 5.74. The zero-order valence-electron chi connectivity index (χ0n) is 6.25. The fourth-order valence-electron chi connectivity index (χ4n) is 1.16. The van der Waals surface area contributed by atoms with Gasteiger partial charge in [0.05, 0.1) is 12.6 Å². The Bertz CT molecular complexity index is 185. The molecule has 6 nitrogen and oxygen atoms in total. The molecule has 1 aliphatic heterocycles. The van der Waals surface area contributed by atoms with Crippen molar-refractivity contribution in [1.29, 1.82) is 0 Å². The van der Waals surface area contributed by atoms with Crippen LogP contribution in [0, 0.1) is 0 Å². The molecule has 1 saturated heterocycles. The summed E-state index contributed by atoms with van der Waals surface area (Å²) >= 11 is 0. The maximum absolute atomic E-state index is 10.4. The number of aliphatic carboxylic acids is 1. The Morgan fingerprint density at radius 2 is 2.17 bits per heavy atom. The van der Waals surface area contributed by atoms with Crippen LogP contribution in [0.25, 0.3) is 0 Å². The molecular weight excluding hydrogens is 166 g/mol. The molecule has 5 N–H and O–H groups in total. The topological polar surface area (TPSA) is 113 Å². The number of aliphatic hydroxyl groups excluding tert-OH is 2. The summed E-state index contributed by atoms with van der Waals surface area (Å²) in [6, 6.07) is -0.973. The van der Waals surface area contributed by atoms with Crippen LogP contribution in [-0.2, 0) is 9.53 Å². The van der Waals surface area contributed by atoms with Crippen molar-refractivity contribution in [3.63, 3.8) is 0 Å². The molecule has 0 aliphatic carbocycles. The molecule has 1 aliphatic rings. The predicted molar refractivity (Wildman–Crippen MR) is 37.4 cm³/mol. The number of ether oxygens (including phenoxy) is 1. The third-order valence-electron chi connectivity index (χ3n) is 1.87. The number of aliphatic hydroxyl groups is 2. The van der Waals surface area contributed by atoms with Gasteiger partial charge in [0.1, 0.15) is 12.2 Å². The SMILES string of the molecule is N[C@H]1[C@H](O)[C@@H](CO)O[C@@H]1C(=O)O. The lowest BCUT2D eigenvalue weighted by molar-refractivity contribution is -0.150. The van der Waals surface area contributed by atoms with Gasteiger partial charge in [-0.1, -0.05) is 0 Å². The highest BCUT2D eigenvalue weighted by atomic mass is 16.6. The van der Waals surface area contributed by atoms with Crippen molar-refractivity contribution in [3.8, 4) is 0 Å². The van der Waals surface area contributed by atoms with E-state index in [0.29, 0.717) is 0 Å². The average molecular weight is 177 g/mol. The van der Waals surface area contributed by atoms with Crippen molar-refractivity contribution in [2.45, 2.75) is 24.4 Å². The normalized spacial score (nSPS) is 41.6. The molecule has 0 bridgehead atoms. The zero-order chi connectivity index (χ0) is 9.30. The number of carbonyl (C=O) groups is 1. The quantitative estimate of drug-likeness (QED) is 0.371. The van der Waals surface area contributed by atoms with Gasteiger partial charge in [0.25, 0.3) is 0 Å². The number of nitrogens with two attached hydrogens (primary N) is 1. The van der Waals surface area contributed by atoms with E-state index >= 15 is 0 Å². The van der Waals surface area contributed by atoms with Crippen LogP contribution in [0.2, 0.25) is 0 Å². The van der Waals surface area contributed by atoms with Crippen molar-refractivity contribution in [2.75, 3.05) is 6.61 Å². The van der Waals surface area contributed by atoms with Gasteiger partial charge >= 0.3 is 5.97 Å². The molecule has 0 saturated carbocycles. The van der Waals surface area contributed by atoms with Gasteiger partial charge in [-0.3, -0.25) is 0 Å². The third kappa shape index (κ3) is 1.42. The minimum atomic E-state index is -1.22. The van der Waals surface area contributed by atoms with E-state index in [-0.39, 0.29) is 0 Å². The lowest BCUT2D eigenvalue weighted by atomic mass is 10.1. The maximum atomic E-state index is 10.4. The first-order chi connectivity index (χ1) is 5.57. The molecule has 1 heterocycles. The van der Waals surface area contributed by atoms with Crippen LogP contribution in [0.1, 0.15) is 0 Å². The van der Waals surface area contributed by atoms with Crippen LogP contribution < -0.4 is 5.73 Å². The number of carboxylic acids is 1. The molecule has 6 heteroatoms. The summed E-state index contributed by atoms with van der Waals surface area (Å²) in [5.74, 6) is -1.22. The lowest BCUT2D eigenvalue weighted by Gasteiger charge is -2.11. The van der Waals surface area contributed by atoms with E-state index in [4.69, 9.17) is 20.7 Å². The largest absolute Gasteiger partial charge is 0.479 e. The summed E-state index contributed by atoms with van der Waals surface area (Å²) in [6.45, 7) is -0.432. The van der Waals surface area contributed by atoms with Gasteiger partial charge in [-0.2, -0.15) is 0 Å². The molecule has 0 aromatic rings. The maximum Gasteiger partial charge on any atom is 0.334 e. The van der Waals surface area contributed by atoms with Gasteiger partial charge in [-0.05, 0) is 0 Å². The van der Waals surface area contributed by atoms with Gasteiger partial charge in [-0.25, -0.2) is 4.79 Å². The van der Waals surface area contributed by atoms with Gasteiger partial charge in [0.2, 0.25) is 0 Å². The van der Waals surface area contributed by atoms with E-state index in [2.05, 4.69) is 0 Å². The van der Waals surface area contributed by atoms with E-state index in [1.807, 2.05) is 0 Å². The van der Waals surface area contributed by atoms with Crippen LogP contribution in [0.5, 0.6) is 0 Å². The molecule has 0 aromatic heterocycles. The summed E-state index contributed by atoms with van der Waals surface area (Å²) in [7, 11) is 0. The Balaban J connectivity index is 2.66. The van der Waals surface area contributed by atoms with E-state index in [9.17, 15) is 9.90 Å². The Hall–Kier alpha value is -0.690. The van der Waals surface area contributed by atoms with E-state index in [0.717, 1.165) is 0 Å². The van der Waals surface area contributed by atoms with Gasteiger partial charge < -0.3 is 25.8 Å². The van der Waals surface area contributed by atoms with Crippen LogP contribution in [0.4, 0.5) is 0 Å². The Morgan fingerprint density at radius 3 is 2.42 bits per heavy atom. The summed E-state index contributed by atoms with van der Waals surface area (Å²) in [5.41, 5.74) is 5.32. The Kier molecular flexibility index (Phi) is 2.63. The van der Waals surface area contributed by atoms with Crippen molar-refractivity contribution < 1.29 is 24.9 Å². The highest BCUT2D eigenvalue weighted by Gasteiger charge is 2.44. The van der Waals surface area contributed by atoms with Crippen molar-refractivity contribution in [3.05, 3.63) is 0 Å². The first-order valence-electron chi connectivity index (χ1n) is 3.50. The molecular formula is C6H11NO5. The Labute approximate surface area is 68.6 Å². The number of hydrogen-bond donors (Lipinski definition) is 4. The minimum Gasteiger partial charge on any atom is -0.479 e. The lowest BCUT2D eigenvalue weighted by Crippen LogP contribution is -2.43. The molecule has 70 valence electrons. The second-order valence-corrected chi connectivity index (χ2v) is 2.68. The molecule has 1 rings (SSSR count). The van der Waals surface area contributed by atoms with E-state index in [1.54, 1.807) is 0 Å². The minimum absolute atomic E-state index is 0.432. The fourth-order valence-corrected chi connectivity index (χ4v) is 1.16. The monoisotopic (exact) mass is 177 g/mol. The van der Waals surface area contributed by atoms with Crippen molar-refractivity contribution >= 4 is 5.97 Å². The summed E-state index contributed by atoms with van der Waals surface area (Å²) in [4.78, 5) is 10.4. The molecule has 1 fully saturated rings. The highest BCUT2D eigenvalue weighted by Crippen LogP contribution is 2.19. The molecule has 12 heavy (non-hydrogen) atoms. The third-order valence-corrected chi connectivity index (χ3v) is 1.87. The van der Waals surface area contributed by atoms with Crippen LogP contribution in [0.15, 0.2) is 0 Å². The zero-order valence-corrected chi connectivity index (χ0v) is 6.25. The van der Waals surface area contributed by atoms with Crippen LogP contribution >= 0.6 is 0 Å². The Morgan fingerprint density at radius 1 is 1.58 bits per heavy atom. The average Bonchev–Trinajstić information content (AvgIpc) is 2.30. The molecule has 0 aromatic carbocycles. The smallest absolute Gasteiger partial charge is 0.334 e. The van der Waals surface area contributed by atoms with E-state index < -0.39 is 36.9 Å². The summed E-state index contributed by atoms with van der Waals surface area (Å²) < 4.78 is 4.77. The second-order valence-electron chi connectivity index (χ2n) is 2.68. The van der Waals surface area contributed by atoms with Gasteiger partial charge in [0.15, 0.2) is 6.10 Å². The number of carboxylic acid groups (broad SMARTS) is 1. The first kappa shape index (κ1) is 9.40. The number of hydrogen-bond acceptors (Lipinski definition) is 5. The molecule has 4 atom stereocenters. The van der Waals surface area contributed by atoms with Crippen LogP contribution in [0.3, 0.4) is 0 Å². The van der Waals surface area contributed by atoms with Crippen molar-refractivity contribution in [1.82, 2.24) is 0 Å². The van der Waals surface area contributed by atoms with Crippen molar-refractivity contribution in [2.24, 2.45) is 5.73 Å². The molecule has 0 radical (unpaired) electrons. The standard InChI is InChI=1S/C6H11NO5/c7-3-4(9)2(1-8)12-5(3)6(10)11/h2-5,8-9H,1,7H2,(H,10,11)/t2-,3+,4-,5+/m1/s1.